The van der Waals surface area contributed by atoms with Crippen molar-refractivity contribution in [3.05, 3.63) is 45.6 Å². The molecule has 0 amide bonds. The normalized spacial score (nSPS) is 10.0. The Hall–Kier alpha value is -0.350. The van der Waals surface area contributed by atoms with E-state index in [-0.39, 0.29) is 0 Å². The maximum Gasteiger partial charge on any atom is 0.0208 e. The molecule has 0 heterocycles. The van der Waals surface area contributed by atoms with Gasteiger partial charge >= 0.3 is 0 Å². The van der Waals surface area contributed by atoms with Gasteiger partial charge in [-0.05, 0) is 47.2 Å². The molecular formula is C11H14IN. The Bertz CT molecular complexity index is 277. The van der Waals surface area contributed by atoms with E-state index in [4.69, 9.17) is 0 Å². The molecule has 1 N–H and O–H groups in total. The summed E-state index contributed by atoms with van der Waals surface area (Å²) in [5.41, 5.74) is 2.49. The van der Waals surface area contributed by atoms with Crippen molar-refractivity contribution in [3.63, 3.8) is 0 Å². The maximum absolute atomic E-state index is 3.84. The van der Waals surface area contributed by atoms with Crippen LogP contribution in [0.15, 0.2) is 36.4 Å². The van der Waals surface area contributed by atoms with Crippen LogP contribution in [0, 0.1) is 3.57 Å². The van der Waals surface area contributed by atoms with E-state index in [9.17, 15) is 0 Å². The zero-order chi connectivity index (χ0) is 9.68. The number of hydrogen-bond donors (Lipinski definition) is 1. The van der Waals surface area contributed by atoms with Crippen molar-refractivity contribution < 1.29 is 0 Å². The first-order valence-corrected chi connectivity index (χ1v) is 5.36. The third-order valence-corrected chi connectivity index (χ3v) is 2.39. The van der Waals surface area contributed by atoms with Crippen molar-refractivity contribution in [2.24, 2.45) is 0 Å². The summed E-state index contributed by atoms with van der Waals surface area (Å²) < 4.78 is 1.28. The van der Waals surface area contributed by atoms with Gasteiger partial charge in [0.25, 0.3) is 0 Å². The number of halogens is 1. The van der Waals surface area contributed by atoms with Gasteiger partial charge in [-0.1, -0.05) is 24.3 Å². The van der Waals surface area contributed by atoms with Gasteiger partial charge in [0.05, 0.1) is 0 Å². The molecule has 0 radical (unpaired) electrons. The molecule has 13 heavy (non-hydrogen) atoms. The Morgan fingerprint density at radius 2 is 2.00 bits per heavy atom. The van der Waals surface area contributed by atoms with Crippen LogP contribution in [0.4, 0.5) is 0 Å². The highest BCUT2D eigenvalue weighted by atomic mass is 127. The van der Waals surface area contributed by atoms with E-state index in [2.05, 4.69) is 58.8 Å². The Kier molecular flexibility index (Phi) is 4.45. The number of benzene rings is 1. The summed E-state index contributed by atoms with van der Waals surface area (Å²) in [7, 11) is 0. The minimum atomic E-state index is 0.895. The second-order valence-electron chi connectivity index (χ2n) is 3.19. The summed E-state index contributed by atoms with van der Waals surface area (Å²) in [5.74, 6) is 0. The predicted octanol–water partition coefficient (Wildman–Crippen LogP) is 2.96. The third kappa shape index (κ3) is 4.43. The molecule has 0 bridgehead atoms. The fourth-order valence-corrected chi connectivity index (χ4v) is 1.38. The molecule has 1 aromatic carbocycles. The van der Waals surface area contributed by atoms with E-state index < -0.39 is 0 Å². The van der Waals surface area contributed by atoms with Crippen molar-refractivity contribution in [2.45, 2.75) is 13.5 Å². The smallest absolute Gasteiger partial charge is 0.0208 e. The molecule has 0 atom stereocenters. The summed E-state index contributed by atoms with van der Waals surface area (Å²) in [6, 6.07) is 8.54. The average molecular weight is 287 g/mol. The minimum Gasteiger partial charge on any atom is -0.309 e. The van der Waals surface area contributed by atoms with Gasteiger partial charge < -0.3 is 5.32 Å². The molecule has 0 saturated heterocycles. The highest BCUT2D eigenvalue weighted by molar-refractivity contribution is 14.1. The molecule has 0 saturated carbocycles. The van der Waals surface area contributed by atoms with Crippen molar-refractivity contribution in [1.29, 1.82) is 0 Å². The molecule has 0 aliphatic heterocycles. The summed E-state index contributed by atoms with van der Waals surface area (Å²) >= 11 is 2.31. The molecule has 0 aliphatic carbocycles. The first-order chi connectivity index (χ1) is 6.18. The van der Waals surface area contributed by atoms with Crippen LogP contribution in [-0.2, 0) is 6.54 Å². The molecule has 70 valence electrons. The lowest BCUT2D eigenvalue weighted by Crippen LogP contribution is -2.14. The van der Waals surface area contributed by atoms with Gasteiger partial charge in [-0.3, -0.25) is 0 Å². The van der Waals surface area contributed by atoms with Gasteiger partial charge in [0.1, 0.15) is 0 Å². The van der Waals surface area contributed by atoms with Crippen LogP contribution >= 0.6 is 22.6 Å². The third-order valence-electron chi connectivity index (χ3n) is 1.67. The highest BCUT2D eigenvalue weighted by Crippen LogP contribution is 2.06. The van der Waals surface area contributed by atoms with Crippen molar-refractivity contribution in [1.82, 2.24) is 5.32 Å². The van der Waals surface area contributed by atoms with Crippen molar-refractivity contribution in [3.8, 4) is 0 Å². The summed E-state index contributed by atoms with van der Waals surface area (Å²) in [5, 5.41) is 3.32. The SMILES string of the molecule is C=C(C)CNCc1ccc(I)cc1. The monoisotopic (exact) mass is 287 g/mol. The lowest BCUT2D eigenvalue weighted by atomic mass is 10.2. The quantitative estimate of drug-likeness (QED) is 0.663. The van der Waals surface area contributed by atoms with Crippen molar-refractivity contribution in [2.75, 3.05) is 6.54 Å². The fourth-order valence-electron chi connectivity index (χ4n) is 1.02. The van der Waals surface area contributed by atoms with Gasteiger partial charge in [0.15, 0.2) is 0 Å². The van der Waals surface area contributed by atoms with Crippen LogP contribution in [0.5, 0.6) is 0 Å². The van der Waals surface area contributed by atoms with Crippen LogP contribution in [0.2, 0.25) is 0 Å². The van der Waals surface area contributed by atoms with E-state index in [1.165, 1.54) is 14.7 Å². The summed E-state index contributed by atoms with van der Waals surface area (Å²) in [6.07, 6.45) is 0. The van der Waals surface area contributed by atoms with E-state index in [1.807, 2.05) is 6.92 Å². The van der Waals surface area contributed by atoms with Crippen LogP contribution < -0.4 is 5.32 Å². The molecule has 0 unspecified atom stereocenters. The molecule has 0 aromatic heterocycles. The van der Waals surface area contributed by atoms with Gasteiger partial charge in [-0.25, -0.2) is 0 Å². The van der Waals surface area contributed by atoms with Crippen LogP contribution in [0.1, 0.15) is 12.5 Å². The molecule has 1 nitrogen and oxygen atoms in total. The molecule has 1 aromatic rings. The second kappa shape index (κ2) is 5.40. The molecule has 0 fully saturated rings. The molecule has 0 aliphatic rings. The van der Waals surface area contributed by atoms with Crippen LogP contribution in [-0.4, -0.2) is 6.54 Å². The van der Waals surface area contributed by atoms with E-state index >= 15 is 0 Å². The molecule has 2 heteroatoms. The minimum absolute atomic E-state index is 0.895. The number of nitrogens with one attached hydrogen (secondary N) is 1. The van der Waals surface area contributed by atoms with Crippen molar-refractivity contribution >= 4 is 22.6 Å². The number of hydrogen-bond acceptors (Lipinski definition) is 1. The Labute approximate surface area is 93.4 Å². The standard InChI is InChI=1S/C11H14IN/c1-9(2)7-13-8-10-3-5-11(12)6-4-10/h3-6,13H,1,7-8H2,2H3. The maximum atomic E-state index is 3.84. The zero-order valence-corrected chi connectivity index (χ0v) is 9.97. The largest absolute Gasteiger partial charge is 0.309 e. The lowest BCUT2D eigenvalue weighted by molar-refractivity contribution is 0.741. The lowest BCUT2D eigenvalue weighted by Gasteiger charge is -2.04. The van der Waals surface area contributed by atoms with Crippen LogP contribution in [0.3, 0.4) is 0 Å². The highest BCUT2D eigenvalue weighted by Gasteiger charge is 1.91. The van der Waals surface area contributed by atoms with Gasteiger partial charge in [0.2, 0.25) is 0 Å². The number of rotatable bonds is 4. The van der Waals surface area contributed by atoms with E-state index in [0.717, 1.165) is 13.1 Å². The Morgan fingerprint density at radius 1 is 1.38 bits per heavy atom. The summed E-state index contributed by atoms with van der Waals surface area (Å²) in [6.45, 7) is 7.68. The topological polar surface area (TPSA) is 12.0 Å². The zero-order valence-electron chi connectivity index (χ0n) is 7.81. The van der Waals surface area contributed by atoms with Crippen LogP contribution in [0.25, 0.3) is 0 Å². The van der Waals surface area contributed by atoms with Gasteiger partial charge in [0, 0.05) is 16.7 Å². The second-order valence-corrected chi connectivity index (χ2v) is 4.43. The molecular weight excluding hydrogens is 273 g/mol. The fraction of sp³-hybridized carbons (Fsp3) is 0.273. The summed E-state index contributed by atoms with van der Waals surface area (Å²) in [4.78, 5) is 0. The predicted molar refractivity (Wildman–Crippen MR) is 65.7 cm³/mol. The van der Waals surface area contributed by atoms with E-state index in [0.29, 0.717) is 0 Å². The first-order valence-electron chi connectivity index (χ1n) is 4.28. The van der Waals surface area contributed by atoms with Gasteiger partial charge in [-0.2, -0.15) is 0 Å². The first kappa shape index (κ1) is 10.7. The molecule has 0 spiro atoms. The molecule has 1 rings (SSSR count). The average Bonchev–Trinajstić information content (AvgIpc) is 2.08. The Balaban J connectivity index is 2.37. The van der Waals surface area contributed by atoms with E-state index in [1.54, 1.807) is 0 Å². The Morgan fingerprint density at radius 3 is 2.54 bits per heavy atom. The van der Waals surface area contributed by atoms with Gasteiger partial charge in [-0.15, -0.1) is 0 Å².